The summed E-state index contributed by atoms with van der Waals surface area (Å²) in [6, 6.07) is 13.4. The van der Waals surface area contributed by atoms with E-state index in [1.54, 1.807) is 23.7 Å². The Bertz CT molecular complexity index is 1270. The summed E-state index contributed by atoms with van der Waals surface area (Å²) < 4.78 is 7.18. The van der Waals surface area contributed by atoms with Crippen LogP contribution in [0.2, 0.25) is 5.02 Å². The molecule has 0 saturated heterocycles. The maximum absolute atomic E-state index is 13.1. The Morgan fingerprint density at radius 1 is 1.20 bits per heavy atom. The minimum Gasteiger partial charge on any atom is -0.478 e. The number of nitrogens with zero attached hydrogens (tertiary/aromatic N) is 3. The lowest BCUT2D eigenvalue weighted by atomic mass is 9.95. The van der Waals surface area contributed by atoms with Crippen molar-refractivity contribution in [2.45, 2.75) is 43.6 Å². The third-order valence-corrected chi connectivity index (χ3v) is 6.83. The van der Waals surface area contributed by atoms with Crippen molar-refractivity contribution in [3.05, 3.63) is 81.5 Å². The van der Waals surface area contributed by atoms with Crippen molar-refractivity contribution in [2.24, 2.45) is 0 Å². The predicted molar refractivity (Wildman–Crippen MR) is 135 cm³/mol. The van der Waals surface area contributed by atoms with Gasteiger partial charge in [-0.1, -0.05) is 67.0 Å². The zero-order valence-electron chi connectivity index (χ0n) is 19.3. The Balaban J connectivity index is 1.68. The van der Waals surface area contributed by atoms with Gasteiger partial charge in [0.15, 0.2) is 0 Å². The molecule has 35 heavy (non-hydrogen) atoms. The first-order valence-electron chi connectivity index (χ1n) is 11.2. The fourth-order valence-electron chi connectivity index (χ4n) is 3.72. The molecule has 0 amide bonds. The van der Waals surface area contributed by atoms with Gasteiger partial charge >= 0.3 is 11.9 Å². The number of nitrogens with one attached hydrogen (secondary N) is 1. The molecule has 1 aromatic heterocycles. The number of carboxylic acids is 1. The van der Waals surface area contributed by atoms with Gasteiger partial charge in [-0.05, 0) is 42.7 Å². The number of anilines is 1. The van der Waals surface area contributed by atoms with Crippen molar-refractivity contribution in [1.82, 2.24) is 14.8 Å². The van der Waals surface area contributed by atoms with Crippen LogP contribution in [0.15, 0.2) is 65.0 Å². The second-order valence-electron chi connectivity index (χ2n) is 8.03. The number of carbonyl (C=O) groups is 2. The first-order chi connectivity index (χ1) is 16.9. The zero-order chi connectivity index (χ0) is 24.9. The largest absolute Gasteiger partial charge is 0.478 e. The van der Waals surface area contributed by atoms with Gasteiger partial charge in [0.05, 0.1) is 17.7 Å². The molecule has 2 N–H and O–H groups in total. The summed E-state index contributed by atoms with van der Waals surface area (Å²) in [4.78, 5) is 29.1. The molecule has 4 rings (SSSR count). The average molecular weight is 513 g/mol. The second kappa shape index (κ2) is 11.0. The van der Waals surface area contributed by atoms with Crippen molar-refractivity contribution in [3.63, 3.8) is 0 Å². The number of halogens is 1. The maximum Gasteiger partial charge on any atom is 0.338 e. The van der Waals surface area contributed by atoms with E-state index in [-0.39, 0.29) is 5.56 Å². The van der Waals surface area contributed by atoms with Crippen LogP contribution < -0.4 is 5.32 Å². The summed E-state index contributed by atoms with van der Waals surface area (Å²) in [6.07, 6.45) is 1.67. The number of hydrogen-bond acceptors (Lipinski definition) is 7. The molecular formula is C25H25ClN4O4S. The van der Waals surface area contributed by atoms with E-state index in [9.17, 15) is 14.7 Å². The lowest BCUT2D eigenvalue weighted by Gasteiger charge is -2.28. The van der Waals surface area contributed by atoms with E-state index < -0.39 is 18.0 Å². The molecule has 0 saturated carbocycles. The van der Waals surface area contributed by atoms with Crippen LogP contribution in [-0.4, -0.2) is 38.4 Å². The Hall–Kier alpha value is -3.30. The van der Waals surface area contributed by atoms with Gasteiger partial charge in [0.1, 0.15) is 6.04 Å². The topological polar surface area (TPSA) is 106 Å². The van der Waals surface area contributed by atoms with Gasteiger partial charge in [0.25, 0.3) is 0 Å². The normalized spacial score (nSPS) is 14.9. The fraction of sp³-hybridized carbons (Fsp3) is 0.280. The molecule has 8 nitrogen and oxygen atoms in total. The van der Waals surface area contributed by atoms with Gasteiger partial charge in [-0.2, -0.15) is 4.98 Å². The van der Waals surface area contributed by atoms with Crippen LogP contribution in [0, 0.1) is 0 Å². The van der Waals surface area contributed by atoms with E-state index in [1.165, 1.54) is 23.9 Å². The van der Waals surface area contributed by atoms with Crippen LogP contribution in [0.1, 0.15) is 54.2 Å². The lowest BCUT2D eigenvalue weighted by molar-refractivity contribution is -0.139. The predicted octanol–water partition coefficient (Wildman–Crippen LogP) is 5.55. The number of allylic oxidation sites excluding steroid dienone is 1. The number of carboxylic acid groups (broad SMARTS) is 1. The van der Waals surface area contributed by atoms with Crippen LogP contribution in [0.5, 0.6) is 0 Å². The number of unbranched alkanes of at least 4 members (excludes halogenated alkanes) is 1. The molecule has 10 heteroatoms. The van der Waals surface area contributed by atoms with Gasteiger partial charge in [-0.15, -0.1) is 5.10 Å². The summed E-state index contributed by atoms with van der Waals surface area (Å²) >= 11 is 7.72. The molecule has 2 heterocycles. The first-order valence-corrected chi connectivity index (χ1v) is 12.6. The number of hydrogen-bond donors (Lipinski definition) is 2. The molecule has 1 atom stereocenters. The van der Waals surface area contributed by atoms with Crippen molar-refractivity contribution in [2.75, 3.05) is 11.9 Å². The van der Waals surface area contributed by atoms with Crippen molar-refractivity contribution in [1.29, 1.82) is 0 Å². The van der Waals surface area contributed by atoms with Crippen LogP contribution in [-0.2, 0) is 15.3 Å². The molecule has 0 spiro atoms. The second-order valence-corrected chi connectivity index (χ2v) is 9.38. The monoisotopic (exact) mass is 512 g/mol. The molecule has 3 aromatic rings. The van der Waals surface area contributed by atoms with Gasteiger partial charge in [0.2, 0.25) is 11.1 Å². The highest BCUT2D eigenvalue weighted by Crippen LogP contribution is 2.37. The summed E-state index contributed by atoms with van der Waals surface area (Å²) in [5.41, 5.74) is 2.85. The molecule has 0 radical (unpaired) electrons. The Morgan fingerprint density at radius 2 is 1.94 bits per heavy atom. The molecule has 0 fully saturated rings. The number of aromatic carboxylic acids is 1. The van der Waals surface area contributed by atoms with Crippen molar-refractivity contribution >= 4 is 41.2 Å². The van der Waals surface area contributed by atoms with E-state index in [0.717, 1.165) is 18.4 Å². The number of ether oxygens (including phenoxy) is 1. The lowest BCUT2D eigenvalue weighted by Crippen LogP contribution is -2.29. The van der Waals surface area contributed by atoms with Crippen LogP contribution in [0.3, 0.4) is 0 Å². The molecule has 1 aliphatic heterocycles. The summed E-state index contributed by atoms with van der Waals surface area (Å²) in [7, 11) is 0. The fourth-order valence-corrected chi connectivity index (χ4v) is 4.83. The molecule has 2 aromatic carbocycles. The number of rotatable bonds is 9. The van der Waals surface area contributed by atoms with Crippen molar-refractivity contribution < 1.29 is 19.4 Å². The van der Waals surface area contributed by atoms with Gasteiger partial charge in [-0.3, -0.25) is 0 Å². The highest BCUT2D eigenvalue weighted by molar-refractivity contribution is 7.98. The number of esters is 1. The van der Waals surface area contributed by atoms with E-state index in [1.807, 2.05) is 31.2 Å². The smallest absolute Gasteiger partial charge is 0.338 e. The highest BCUT2D eigenvalue weighted by Gasteiger charge is 2.35. The third kappa shape index (κ3) is 5.52. The number of thioether (sulfide) groups is 1. The number of aromatic nitrogens is 3. The minimum absolute atomic E-state index is 0.158. The average Bonchev–Trinajstić information content (AvgIpc) is 3.25. The van der Waals surface area contributed by atoms with E-state index in [2.05, 4.69) is 15.4 Å². The molecule has 0 bridgehead atoms. The van der Waals surface area contributed by atoms with E-state index in [4.69, 9.17) is 16.3 Å². The van der Waals surface area contributed by atoms with Gasteiger partial charge in [-0.25, -0.2) is 14.3 Å². The summed E-state index contributed by atoms with van der Waals surface area (Å²) in [5, 5.41) is 18.3. The zero-order valence-corrected chi connectivity index (χ0v) is 20.9. The van der Waals surface area contributed by atoms with Gasteiger partial charge in [0, 0.05) is 16.5 Å². The van der Waals surface area contributed by atoms with E-state index >= 15 is 0 Å². The first kappa shape index (κ1) is 24.8. The van der Waals surface area contributed by atoms with Crippen molar-refractivity contribution in [3.8, 4) is 0 Å². The molecule has 1 aliphatic rings. The minimum atomic E-state index is -1.02. The highest BCUT2D eigenvalue weighted by atomic mass is 35.5. The van der Waals surface area contributed by atoms with Gasteiger partial charge < -0.3 is 15.2 Å². The summed E-state index contributed by atoms with van der Waals surface area (Å²) in [5.74, 6) is -0.393. The third-order valence-electron chi connectivity index (χ3n) is 5.57. The Kier molecular flexibility index (Phi) is 7.77. The van der Waals surface area contributed by atoms with E-state index in [0.29, 0.717) is 45.3 Å². The standard InChI is InChI=1S/C25H25ClN4O4S/c1-3-4-13-34-23(33)20-15(2)27-24-28-25(35-14-18-7-5-6-8-19(18)26)29-30(24)21(20)16-9-11-17(12-10-16)22(31)32/h5-12,21H,3-4,13-14H2,1-2H3,(H,31,32)(H,27,28,29). The molecular weight excluding hydrogens is 488 g/mol. The Morgan fingerprint density at radius 3 is 2.63 bits per heavy atom. The number of fused-ring (bicyclic) bond motifs is 1. The van der Waals surface area contributed by atoms with Crippen LogP contribution in [0.4, 0.5) is 5.95 Å². The van der Waals surface area contributed by atoms with Crippen LogP contribution >= 0.6 is 23.4 Å². The Labute approximate surface area is 212 Å². The summed E-state index contributed by atoms with van der Waals surface area (Å²) in [6.45, 7) is 4.14. The maximum atomic E-state index is 13.1. The molecule has 182 valence electrons. The SMILES string of the molecule is CCCCOC(=O)C1=C(C)Nc2nc(SCc3ccccc3Cl)nn2C1c1ccc(C(=O)O)cc1. The quantitative estimate of drug-likeness (QED) is 0.218. The number of carbonyl (C=O) groups excluding carboxylic acids is 1. The number of benzene rings is 2. The molecule has 1 unspecified atom stereocenters. The molecule has 0 aliphatic carbocycles. The van der Waals surface area contributed by atoms with Crippen LogP contribution in [0.25, 0.3) is 0 Å².